The summed E-state index contributed by atoms with van der Waals surface area (Å²) in [4.78, 5) is 4.97. The van der Waals surface area contributed by atoms with Crippen molar-refractivity contribution >= 4 is 5.69 Å². The Morgan fingerprint density at radius 2 is 1.87 bits per heavy atom. The minimum absolute atomic E-state index is 0.736. The molecule has 23 heavy (non-hydrogen) atoms. The van der Waals surface area contributed by atoms with E-state index in [0.717, 1.165) is 51.6 Å². The second-order valence-electron chi connectivity index (χ2n) is 6.48. The van der Waals surface area contributed by atoms with Crippen molar-refractivity contribution in [3.63, 3.8) is 0 Å². The highest BCUT2D eigenvalue weighted by Gasteiger charge is 2.15. The first-order valence-corrected chi connectivity index (χ1v) is 9.17. The molecular formula is C19H30N2O2. The maximum Gasteiger partial charge on any atom is 0.124 e. The Hall–Kier alpha value is -1.26. The molecule has 2 fully saturated rings. The van der Waals surface area contributed by atoms with Crippen LogP contribution in [0.5, 0.6) is 5.75 Å². The molecule has 4 nitrogen and oxygen atoms in total. The summed E-state index contributed by atoms with van der Waals surface area (Å²) in [5.74, 6) is 1.08. The Kier molecular flexibility index (Phi) is 6.17. The van der Waals surface area contributed by atoms with Crippen LogP contribution >= 0.6 is 0 Å². The van der Waals surface area contributed by atoms with Crippen LogP contribution in [0, 0.1) is 0 Å². The monoisotopic (exact) mass is 318 g/mol. The zero-order valence-corrected chi connectivity index (χ0v) is 14.4. The lowest BCUT2D eigenvalue weighted by atomic mass is 10.1. The molecule has 3 rings (SSSR count). The van der Waals surface area contributed by atoms with Crippen molar-refractivity contribution < 1.29 is 9.47 Å². The Morgan fingerprint density at radius 1 is 1.09 bits per heavy atom. The first-order valence-electron chi connectivity index (χ1n) is 9.17. The van der Waals surface area contributed by atoms with Crippen molar-refractivity contribution in [3.8, 4) is 5.75 Å². The van der Waals surface area contributed by atoms with Gasteiger partial charge in [-0.05, 0) is 50.8 Å². The van der Waals surface area contributed by atoms with E-state index in [4.69, 9.17) is 9.47 Å². The molecule has 0 saturated carbocycles. The van der Waals surface area contributed by atoms with Crippen LogP contribution in [-0.2, 0) is 11.2 Å². The minimum Gasteiger partial charge on any atom is -0.494 e. The lowest BCUT2D eigenvalue weighted by Gasteiger charge is -2.26. The van der Waals surface area contributed by atoms with E-state index in [1.807, 2.05) is 0 Å². The van der Waals surface area contributed by atoms with Crippen molar-refractivity contribution in [3.05, 3.63) is 23.8 Å². The number of rotatable bonds is 7. The van der Waals surface area contributed by atoms with Crippen LogP contribution in [0.4, 0.5) is 5.69 Å². The van der Waals surface area contributed by atoms with Crippen molar-refractivity contribution in [2.45, 2.75) is 32.6 Å². The van der Waals surface area contributed by atoms with E-state index in [0.29, 0.717) is 0 Å². The number of hydrogen-bond acceptors (Lipinski definition) is 4. The van der Waals surface area contributed by atoms with E-state index in [2.05, 4.69) is 34.9 Å². The van der Waals surface area contributed by atoms with Gasteiger partial charge in [0.15, 0.2) is 0 Å². The van der Waals surface area contributed by atoms with E-state index in [1.165, 1.54) is 43.6 Å². The number of morpholine rings is 1. The molecule has 4 heteroatoms. The molecule has 0 bridgehead atoms. The fourth-order valence-electron chi connectivity index (χ4n) is 3.53. The maximum absolute atomic E-state index is 5.92. The molecular weight excluding hydrogens is 288 g/mol. The van der Waals surface area contributed by atoms with Gasteiger partial charge >= 0.3 is 0 Å². The van der Waals surface area contributed by atoms with Gasteiger partial charge in [0.05, 0.1) is 19.8 Å². The average Bonchev–Trinajstić information content (AvgIpc) is 3.12. The number of hydrogen-bond donors (Lipinski definition) is 0. The van der Waals surface area contributed by atoms with Crippen LogP contribution in [0.1, 0.15) is 31.7 Å². The van der Waals surface area contributed by atoms with Gasteiger partial charge in [-0.15, -0.1) is 0 Å². The topological polar surface area (TPSA) is 24.9 Å². The lowest BCUT2D eigenvalue weighted by Crippen LogP contribution is -2.36. The highest BCUT2D eigenvalue weighted by Crippen LogP contribution is 2.29. The van der Waals surface area contributed by atoms with Crippen molar-refractivity contribution in [1.29, 1.82) is 0 Å². The summed E-state index contributed by atoms with van der Waals surface area (Å²) < 4.78 is 11.3. The predicted molar refractivity (Wildman–Crippen MR) is 94.6 cm³/mol. The molecule has 0 amide bonds. The van der Waals surface area contributed by atoms with Crippen LogP contribution in [-0.4, -0.2) is 57.4 Å². The van der Waals surface area contributed by atoms with E-state index in [9.17, 15) is 0 Å². The molecule has 128 valence electrons. The van der Waals surface area contributed by atoms with Gasteiger partial charge < -0.3 is 14.4 Å². The number of ether oxygens (including phenoxy) is 2. The molecule has 0 radical (unpaired) electrons. The summed E-state index contributed by atoms with van der Waals surface area (Å²) in [5, 5.41) is 0. The van der Waals surface area contributed by atoms with Crippen LogP contribution < -0.4 is 9.64 Å². The summed E-state index contributed by atoms with van der Waals surface area (Å²) >= 11 is 0. The largest absolute Gasteiger partial charge is 0.494 e. The van der Waals surface area contributed by atoms with Gasteiger partial charge in [0.1, 0.15) is 5.75 Å². The van der Waals surface area contributed by atoms with Gasteiger partial charge in [0.25, 0.3) is 0 Å². The summed E-state index contributed by atoms with van der Waals surface area (Å²) in [7, 11) is 0. The van der Waals surface area contributed by atoms with Crippen LogP contribution in [0.15, 0.2) is 18.2 Å². The molecule has 1 aromatic carbocycles. The fourth-order valence-corrected chi connectivity index (χ4v) is 3.53. The van der Waals surface area contributed by atoms with Gasteiger partial charge in [-0.1, -0.05) is 6.07 Å². The predicted octanol–water partition coefficient (Wildman–Crippen LogP) is 2.95. The van der Waals surface area contributed by atoms with Crippen molar-refractivity contribution in [2.75, 3.05) is 57.4 Å². The maximum atomic E-state index is 5.92. The molecule has 0 aliphatic carbocycles. The summed E-state index contributed by atoms with van der Waals surface area (Å²) in [6.07, 6.45) is 4.90. The normalized spacial score (nSPS) is 19.3. The Bertz CT molecular complexity index is 480. The van der Waals surface area contributed by atoms with E-state index in [-0.39, 0.29) is 0 Å². The zero-order valence-electron chi connectivity index (χ0n) is 14.4. The van der Waals surface area contributed by atoms with Crippen LogP contribution in [0.25, 0.3) is 0 Å². The van der Waals surface area contributed by atoms with Gasteiger partial charge in [0, 0.05) is 37.9 Å². The summed E-state index contributed by atoms with van der Waals surface area (Å²) in [6.45, 7) is 10.2. The lowest BCUT2D eigenvalue weighted by molar-refractivity contribution is 0.0374. The van der Waals surface area contributed by atoms with Crippen molar-refractivity contribution in [1.82, 2.24) is 4.90 Å². The van der Waals surface area contributed by atoms with Gasteiger partial charge in [-0.2, -0.15) is 0 Å². The SMILES string of the molecule is CCOc1cc(N2CCCC2)ccc1CCCN1CCOCC1. The molecule has 0 atom stereocenters. The average molecular weight is 318 g/mol. The third-order valence-corrected chi connectivity index (χ3v) is 4.85. The fraction of sp³-hybridized carbons (Fsp3) is 0.684. The molecule has 2 saturated heterocycles. The molecule has 2 heterocycles. The second-order valence-corrected chi connectivity index (χ2v) is 6.48. The van der Waals surface area contributed by atoms with Gasteiger partial charge in [-0.25, -0.2) is 0 Å². The first-order chi connectivity index (χ1) is 11.4. The quantitative estimate of drug-likeness (QED) is 0.772. The third kappa shape index (κ3) is 4.61. The molecule has 2 aliphatic heterocycles. The molecule has 2 aliphatic rings. The Balaban J connectivity index is 1.58. The number of benzene rings is 1. The van der Waals surface area contributed by atoms with Crippen LogP contribution in [0.2, 0.25) is 0 Å². The molecule has 0 spiro atoms. The van der Waals surface area contributed by atoms with Gasteiger partial charge in [-0.3, -0.25) is 4.90 Å². The van der Waals surface area contributed by atoms with Crippen molar-refractivity contribution in [2.24, 2.45) is 0 Å². The highest BCUT2D eigenvalue weighted by atomic mass is 16.5. The molecule has 0 unspecified atom stereocenters. The van der Waals surface area contributed by atoms with E-state index >= 15 is 0 Å². The molecule has 0 aromatic heterocycles. The molecule has 1 aromatic rings. The molecule has 0 N–H and O–H groups in total. The Labute approximate surface area is 140 Å². The van der Waals surface area contributed by atoms with E-state index in [1.54, 1.807) is 0 Å². The number of anilines is 1. The zero-order chi connectivity index (χ0) is 15.9. The second kappa shape index (κ2) is 8.55. The van der Waals surface area contributed by atoms with E-state index < -0.39 is 0 Å². The minimum atomic E-state index is 0.736. The van der Waals surface area contributed by atoms with Crippen LogP contribution in [0.3, 0.4) is 0 Å². The highest BCUT2D eigenvalue weighted by molar-refractivity contribution is 5.54. The summed E-state index contributed by atoms with van der Waals surface area (Å²) in [5.41, 5.74) is 2.67. The summed E-state index contributed by atoms with van der Waals surface area (Å²) in [6, 6.07) is 6.80. The smallest absolute Gasteiger partial charge is 0.124 e. The first kappa shape index (κ1) is 16.6. The third-order valence-electron chi connectivity index (χ3n) is 4.85. The Morgan fingerprint density at radius 3 is 2.61 bits per heavy atom. The standard InChI is InChI=1S/C19H30N2O2/c1-2-23-19-16-18(21-10-3-4-11-21)8-7-17(19)6-5-9-20-12-14-22-15-13-20/h7-8,16H,2-6,9-15H2,1H3. The number of nitrogens with zero attached hydrogens (tertiary/aromatic N) is 2. The number of aryl methyl sites for hydroxylation is 1. The van der Waals surface area contributed by atoms with Gasteiger partial charge in [0.2, 0.25) is 0 Å².